The number of carbonyl (C=O) groups excluding carboxylic acids is 1. The topological polar surface area (TPSA) is 75.5 Å². The van der Waals surface area contributed by atoms with Gasteiger partial charge in [0.1, 0.15) is 5.56 Å². The molecule has 0 atom stereocenters. The van der Waals surface area contributed by atoms with Crippen LogP contribution in [0.5, 0.6) is 0 Å². The molecule has 0 saturated carbocycles. The van der Waals surface area contributed by atoms with Crippen molar-refractivity contribution in [1.29, 1.82) is 0 Å². The van der Waals surface area contributed by atoms with Gasteiger partial charge in [-0.25, -0.2) is 0 Å². The lowest BCUT2D eigenvalue weighted by Gasteiger charge is -2.21. The minimum Gasteiger partial charge on any atom is -0.372 e. The number of carbonyl (C=O) groups is 1. The fourth-order valence-electron chi connectivity index (χ4n) is 2.39. The lowest BCUT2D eigenvalue weighted by Crippen LogP contribution is -2.22. The van der Waals surface area contributed by atoms with Crippen LogP contribution in [0.3, 0.4) is 0 Å². The van der Waals surface area contributed by atoms with E-state index >= 15 is 0 Å². The minimum atomic E-state index is -0.554. The average Bonchev–Trinajstić information content (AvgIpc) is 2.56. The SMILES string of the molecule is CCN(CC)c1cccc(NC(=O)c2ccccc2[N+](=O)[O-])c1. The van der Waals surface area contributed by atoms with Gasteiger partial charge >= 0.3 is 0 Å². The van der Waals surface area contributed by atoms with Gasteiger partial charge in [-0.3, -0.25) is 14.9 Å². The third-order valence-electron chi connectivity index (χ3n) is 3.58. The minimum absolute atomic E-state index is 0.0470. The Morgan fingerprint density at radius 1 is 1.13 bits per heavy atom. The molecule has 0 aromatic heterocycles. The molecule has 0 saturated heterocycles. The Kier molecular flexibility index (Phi) is 5.30. The van der Waals surface area contributed by atoms with Gasteiger partial charge in [-0.1, -0.05) is 18.2 Å². The van der Waals surface area contributed by atoms with E-state index in [4.69, 9.17) is 0 Å². The summed E-state index contributed by atoms with van der Waals surface area (Å²) >= 11 is 0. The molecule has 0 aliphatic heterocycles. The fourth-order valence-corrected chi connectivity index (χ4v) is 2.39. The number of para-hydroxylation sites is 1. The Hall–Kier alpha value is -2.89. The van der Waals surface area contributed by atoms with Crippen LogP contribution in [0.1, 0.15) is 24.2 Å². The molecule has 0 unspecified atom stereocenters. The Morgan fingerprint density at radius 3 is 2.48 bits per heavy atom. The van der Waals surface area contributed by atoms with Crippen molar-refractivity contribution in [1.82, 2.24) is 0 Å². The van der Waals surface area contributed by atoms with E-state index in [1.165, 1.54) is 18.2 Å². The molecule has 120 valence electrons. The summed E-state index contributed by atoms with van der Waals surface area (Å²) in [6, 6.07) is 13.3. The van der Waals surface area contributed by atoms with E-state index in [2.05, 4.69) is 24.1 Å². The molecule has 1 N–H and O–H groups in total. The van der Waals surface area contributed by atoms with E-state index in [9.17, 15) is 14.9 Å². The summed E-state index contributed by atoms with van der Waals surface area (Å²) in [7, 11) is 0. The Labute approximate surface area is 134 Å². The van der Waals surface area contributed by atoms with Crippen molar-refractivity contribution in [2.75, 3.05) is 23.3 Å². The molecule has 0 bridgehead atoms. The van der Waals surface area contributed by atoms with Gasteiger partial charge in [-0.15, -0.1) is 0 Å². The van der Waals surface area contributed by atoms with E-state index in [0.29, 0.717) is 5.69 Å². The van der Waals surface area contributed by atoms with Crippen molar-refractivity contribution in [3.63, 3.8) is 0 Å². The van der Waals surface area contributed by atoms with Gasteiger partial charge < -0.3 is 10.2 Å². The van der Waals surface area contributed by atoms with E-state index in [1.54, 1.807) is 12.1 Å². The van der Waals surface area contributed by atoms with Gasteiger partial charge in [0.15, 0.2) is 0 Å². The molecular weight excluding hydrogens is 294 g/mol. The van der Waals surface area contributed by atoms with Crippen LogP contribution in [0.25, 0.3) is 0 Å². The number of benzene rings is 2. The third kappa shape index (κ3) is 3.85. The normalized spacial score (nSPS) is 10.2. The average molecular weight is 313 g/mol. The van der Waals surface area contributed by atoms with Crippen LogP contribution < -0.4 is 10.2 Å². The molecule has 0 aliphatic carbocycles. The zero-order valence-electron chi connectivity index (χ0n) is 13.2. The van der Waals surface area contributed by atoms with E-state index < -0.39 is 10.8 Å². The number of anilines is 2. The number of nitro benzene ring substituents is 1. The summed E-state index contributed by atoms with van der Waals surface area (Å²) in [5.41, 5.74) is 1.45. The van der Waals surface area contributed by atoms with Crippen molar-refractivity contribution in [3.05, 3.63) is 64.2 Å². The number of nitrogens with one attached hydrogen (secondary N) is 1. The van der Waals surface area contributed by atoms with Crippen LogP contribution >= 0.6 is 0 Å². The van der Waals surface area contributed by atoms with Crippen molar-refractivity contribution in [2.45, 2.75) is 13.8 Å². The highest BCUT2D eigenvalue weighted by atomic mass is 16.6. The number of amides is 1. The predicted molar refractivity (Wildman–Crippen MR) is 91.1 cm³/mol. The molecule has 23 heavy (non-hydrogen) atoms. The molecule has 2 aromatic carbocycles. The fraction of sp³-hybridized carbons (Fsp3) is 0.235. The van der Waals surface area contributed by atoms with Gasteiger partial charge in [0, 0.05) is 30.5 Å². The number of nitro groups is 1. The van der Waals surface area contributed by atoms with Crippen molar-refractivity contribution in [3.8, 4) is 0 Å². The van der Waals surface area contributed by atoms with Crippen molar-refractivity contribution < 1.29 is 9.72 Å². The first kappa shape index (κ1) is 16.5. The van der Waals surface area contributed by atoms with Crippen LogP contribution in [0.15, 0.2) is 48.5 Å². The predicted octanol–water partition coefficient (Wildman–Crippen LogP) is 3.69. The van der Waals surface area contributed by atoms with E-state index in [0.717, 1.165) is 18.8 Å². The van der Waals surface area contributed by atoms with Crippen molar-refractivity contribution in [2.24, 2.45) is 0 Å². The van der Waals surface area contributed by atoms with Gasteiger partial charge in [-0.2, -0.15) is 0 Å². The lowest BCUT2D eigenvalue weighted by atomic mass is 10.1. The summed E-state index contributed by atoms with van der Waals surface area (Å²) in [4.78, 5) is 24.9. The van der Waals surface area contributed by atoms with Gasteiger partial charge in [0.05, 0.1) is 4.92 Å². The molecule has 2 rings (SSSR count). The molecule has 1 amide bonds. The maximum absolute atomic E-state index is 12.3. The lowest BCUT2D eigenvalue weighted by molar-refractivity contribution is -0.385. The zero-order chi connectivity index (χ0) is 16.8. The second-order valence-corrected chi connectivity index (χ2v) is 4.95. The monoisotopic (exact) mass is 313 g/mol. The van der Waals surface area contributed by atoms with Crippen LogP contribution in [0.4, 0.5) is 17.1 Å². The highest BCUT2D eigenvalue weighted by Crippen LogP contribution is 2.22. The van der Waals surface area contributed by atoms with Crippen LogP contribution in [-0.4, -0.2) is 23.9 Å². The molecule has 0 aliphatic rings. The van der Waals surface area contributed by atoms with E-state index in [-0.39, 0.29) is 11.3 Å². The Bertz CT molecular complexity index is 712. The van der Waals surface area contributed by atoms with Crippen LogP contribution in [0, 0.1) is 10.1 Å². The highest BCUT2D eigenvalue weighted by molar-refractivity contribution is 6.07. The van der Waals surface area contributed by atoms with E-state index in [1.807, 2.05) is 18.2 Å². The number of hydrogen-bond donors (Lipinski definition) is 1. The van der Waals surface area contributed by atoms with Crippen LogP contribution in [-0.2, 0) is 0 Å². The molecule has 0 radical (unpaired) electrons. The van der Waals surface area contributed by atoms with Gasteiger partial charge in [0.25, 0.3) is 11.6 Å². The summed E-state index contributed by atoms with van der Waals surface area (Å²) in [6.07, 6.45) is 0. The Morgan fingerprint density at radius 2 is 1.83 bits per heavy atom. The number of hydrogen-bond acceptors (Lipinski definition) is 4. The smallest absolute Gasteiger partial charge is 0.282 e. The molecule has 6 heteroatoms. The summed E-state index contributed by atoms with van der Waals surface area (Å²) in [6.45, 7) is 5.83. The quantitative estimate of drug-likeness (QED) is 0.652. The maximum atomic E-state index is 12.3. The van der Waals surface area contributed by atoms with Gasteiger partial charge in [0.2, 0.25) is 0 Å². The third-order valence-corrected chi connectivity index (χ3v) is 3.58. The first-order valence-electron chi connectivity index (χ1n) is 7.46. The highest BCUT2D eigenvalue weighted by Gasteiger charge is 2.19. The summed E-state index contributed by atoms with van der Waals surface area (Å²) in [5, 5.41) is 13.7. The largest absolute Gasteiger partial charge is 0.372 e. The number of nitrogens with zero attached hydrogens (tertiary/aromatic N) is 2. The van der Waals surface area contributed by atoms with Gasteiger partial charge in [-0.05, 0) is 38.1 Å². The van der Waals surface area contributed by atoms with Crippen LogP contribution in [0.2, 0.25) is 0 Å². The molecule has 0 fully saturated rings. The molecule has 6 nitrogen and oxygen atoms in total. The number of rotatable bonds is 6. The first-order valence-corrected chi connectivity index (χ1v) is 7.46. The molecule has 0 spiro atoms. The standard InChI is InChI=1S/C17H19N3O3/c1-3-19(4-2)14-9-7-8-13(12-14)18-17(21)15-10-5-6-11-16(15)20(22)23/h5-12H,3-4H2,1-2H3,(H,18,21). The molecule has 2 aromatic rings. The molecular formula is C17H19N3O3. The first-order chi connectivity index (χ1) is 11.1. The van der Waals surface area contributed by atoms with Crippen molar-refractivity contribution >= 4 is 23.0 Å². The maximum Gasteiger partial charge on any atom is 0.282 e. The zero-order valence-corrected chi connectivity index (χ0v) is 13.2. The summed E-state index contributed by atoms with van der Waals surface area (Å²) in [5.74, 6) is -0.492. The second kappa shape index (κ2) is 7.40. The molecule has 0 heterocycles. The second-order valence-electron chi connectivity index (χ2n) is 4.95. The summed E-state index contributed by atoms with van der Waals surface area (Å²) < 4.78 is 0. The Balaban J connectivity index is 2.24.